The summed E-state index contributed by atoms with van der Waals surface area (Å²) in [7, 11) is 0. The molecule has 2 unspecified atom stereocenters. The van der Waals surface area contributed by atoms with Crippen molar-refractivity contribution in [3.05, 3.63) is 83.4 Å². The normalized spacial score (nSPS) is 16.3. The Morgan fingerprint density at radius 3 is 2.40 bits per heavy atom. The second-order valence-electron chi connectivity index (χ2n) is 8.75. The van der Waals surface area contributed by atoms with Crippen LogP contribution in [0.15, 0.2) is 72.0 Å². The lowest BCUT2D eigenvalue weighted by Crippen LogP contribution is -2.41. The van der Waals surface area contributed by atoms with Gasteiger partial charge in [-0.05, 0) is 36.0 Å². The first-order valence-electron chi connectivity index (χ1n) is 10.3. The predicted octanol–water partition coefficient (Wildman–Crippen LogP) is 5.66. The van der Waals surface area contributed by atoms with Gasteiger partial charge in [-0.25, -0.2) is 4.39 Å². The molecule has 0 amide bonds. The zero-order valence-electron chi connectivity index (χ0n) is 19.0. The van der Waals surface area contributed by atoms with Gasteiger partial charge in [0, 0.05) is 23.1 Å². The number of carbonyl (C=O) groups is 1. The van der Waals surface area contributed by atoms with Crippen molar-refractivity contribution in [3.63, 3.8) is 0 Å². The van der Waals surface area contributed by atoms with Crippen molar-refractivity contribution in [2.24, 2.45) is 16.6 Å². The number of allylic oxidation sites excluding steroid dienone is 5. The molecule has 1 rings (SSSR count). The van der Waals surface area contributed by atoms with Crippen molar-refractivity contribution in [1.29, 1.82) is 0 Å². The van der Waals surface area contributed by atoms with Crippen LogP contribution in [-0.2, 0) is 11.2 Å². The lowest BCUT2D eigenvalue weighted by atomic mass is 9.59. The molecule has 3 N–H and O–H groups in total. The van der Waals surface area contributed by atoms with Gasteiger partial charge >= 0.3 is 0 Å². The quantitative estimate of drug-likeness (QED) is 0.279. The van der Waals surface area contributed by atoms with Gasteiger partial charge in [0.05, 0.1) is 6.10 Å². The van der Waals surface area contributed by atoms with E-state index >= 15 is 0 Å². The first-order chi connectivity index (χ1) is 13.9. The maximum atomic E-state index is 13.9. The van der Waals surface area contributed by atoms with E-state index in [9.17, 15) is 14.3 Å². The van der Waals surface area contributed by atoms with E-state index in [1.165, 1.54) is 12.1 Å². The number of nitrogens with two attached hydrogens (primary N) is 1. The summed E-state index contributed by atoms with van der Waals surface area (Å²) in [6, 6.07) is 6.42. The Bertz CT molecular complexity index is 840. The Labute approximate surface area is 180 Å². The summed E-state index contributed by atoms with van der Waals surface area (Å²) in [5.41, 5.74) is 8.66. The minimum Gasteiger partial charge on any atom is -0.401 e. The van der Waals surface area contributed by atoms with E-state index in [1.807, 2.05) is 13.8 Å². The smallest absolute Gasteiger partial charge is 0.151 e. The van der Waals surface area contributed by atoms with Crippen LogP contribution < -0.4 is 5.73 Å². The van der Waals surface area contributed by atoms with Crippen LogP contribution in [-0.4, -0.2) is 17.5 Å². The van der Waals surface area contributed by atoms with E-state index in [-0.39, 0.29) is 17.7 Å². The predicted molar refractivity (Wildman–Crippen MR) is 123 cm³/mol. The third-order valence-corrected chi connectivity index (χ3v) is 6.58. The highest BCUT2D eigenvalue weighted by molar-refractivity contribution is 5.78. The van der Waals surface area contributed by atoms with Crippen LogP contribution in [0.1, 0.15) is 53.0 Å². The summed E-state index contributed by atoms with van der Waals surface area (Å²) >= 11 is 0. The SMILES string of the molecule is C=C/C(C=O)=C(/N)C(C)(CC(=C)/C(C)=C\C(O)Cc1ccccc1F)C(C)(C)CC. The zero-order valence-corrected chi connectivity index (χ0v) is 19.0. The molecular weight excluding hydrogens is 377 g/mol. The average Bonchev–Trinajstić information content (AvgIpc) is 2.70. The second kappa shape index (κ2) is 10.5. The van der Waals surface area contributed by atoms with Crippen molar-refractivity contribution in [3.8, 4) is 0 Å². The lowest BCUT2D eigenvalue weighted by Gasteiger charge is -2.45. The standard InChI is InChI=1S/C26H36FNO2/c1-8-20(17-29)24(28)26(7,25(5,6)9-2)16-19(4)18(3)14-22(30)15-21-12-10-11-13-23(21)27/h8,10-14,17,22,30H,1,4,9,15-16,28H2,2-3,5-7H3/b18-14-,24-20-. The van der Waals surface area contributed by atoms with Crippen molar-refractivity contribution in [1.82, 2.24) is 0 Å². The molecule has 0 heterocycles. The number of benzene rings is 1. The summed E-state index contributed by atoms with van der Waals surface area (Å²) in [5, 5.41) is 10.4. The van der Waals surface area contributed by atoms with Crippen molar-refractivity contribution >= 4 is 6.29 Å². The number of carbonyl (C=O) groups excluding carboxylic acids is 1. The Balaban J connectivity index is 3.18. The number of hydrogen-bond acceptors (Lipinski definition) is 3. The molecule has 2 atom stereocenters. The number of aldehydes is 1. The van der Waals surface area contributed by atoms with E-state index in [0.29, 0.717) is 23.3 Å². The Hall–Kier alpha value is -2.46. The summed E-state index contributed by atoms with van der Waals surface area (Å²) in [6.45, 7) is 18.1. The Kier molecular flexibility index (Phi) is 8.98. The van der Waals surface area contributed by atoms with Gasteiger partial charge in [0.1, 0.15) is 5.82 Å². The molecule has 0 saturated heterocycles. The van der Waals surface area contributed by atoms with E-state index in [1.54, 1.807) is 24.3 Å². The molecule has 164 valence electrons. The highest BCUT2D eigenvalue weighted by Crippen LogP contribution is 2.50. The molecule has 0 saturated carbocycles. The van der Waals surface area contributed by atoms with E-state index in [0.717, 1.165) is 23.9 Å². The average molecular weight is 414 g/mol. The monoisotopic (exact) mass is 413 g/mol. The summed E-state index contributed by atoms with van der Waals surface area (Å²) in [6.07, 6.45) is 4.62. The van der Waals surface area contributed by atoms with Crippen LogP contribution in [0.2, 0.25) is 0 Å². The van der Waals surface area contributed by atoms with Gasteiger partial charge in [-0.15, -0.1) is 0 Å². The van der Waals surface area contributed by atoms with Gasteiger partial charge in [0.2, 0.25) is 0 Å². The van der Waals surface area contributed by atoms with Crippen molar-refractivity contribution in [2.75, 3.05) is 0 Å². The lowest BCUT2D eigenvalue weighted by molar-refractivity contribution is -0.104. The van der Waals surface area contributed by atoms with Crippen LogP contribution >= 0.6 is 0 Å². The fraction of sp³-hybridized carbons (Fsp3) is 0.423. The molecule has 0 aliphatic carbocycles. The fourth-order valence-corrected chi connectivity index (χ4v) is 3.55. The highest BCUT2D eigenvalue weighted by Gasteiger charge is 2.43. The Morgan fingerprint density at radius 2 is 1.90 bits per heavy atom. The molecule has 0 fully saturated rings. The van der Waals surface area contributed by atoms with E-state index in [2.05, 4.69) is 33.9 Å². The van der Waals surface area contributed by atoms with Gasteiger partial charge in [-0.1, -0.05) is 83.2 Å². The van der Waals surface area contributed by atoms with Crippen LogP contribution in [0, 0.1) is 16.6 Å². The number of aliphatic hydroxyl groups is 1. The van der Waals surface area contributed by atoms with Crippen LogP contribution in [0.3, 0.4) is 0 Å². The molecule has 1 aromatic carbocycles. The number of aliphatic hydroxyl groups excluding tert-OH is 1. The number of rotatable bonds is 11. The Morgan fingerprint density at radius 1 is 1.30 bits per heavy atom. The fourth-order valence-electron chi connectivity index (χ4n) is 3.55. The molecule has 30 heavy (non-hydrogen) atoms. The van der Waals surface area contributed by atoms with Crippen LogP contribution in [0.25, 0.3) is 0 Å². The molecule has 4 heteroatoms. The minimum atomic E-state index is -0.837. The minimum absolute atomic E-state index is 0.183. The molecule has 0 spiro atoms. The molecule has 1 aromatic rings. The molecule has 0 bridgehead atoms. The molecule has 3 nitrogen and oxygen atoms in total. The van der Waals surface area contributed by atoms with E-state index < -0.39 is 11.5 Å². The second-order valence-corrected chi connectivity index (χ2v) is 8.75. The zero-order chi connectivity index (χ0) is 23.1. The van der Waals surface area contributed by atoms with Gasteiger partial charge in [0.15, 0.2) is 6.29 Å². The largest absolute Gasteiger partial charge is 0.401 e. The van der Waals surface area contributed by atoms with Gasteiger partial charge in [0.25, 0.3) is 0 Å². The van der Waals surface area contributed by atoms with E-state index in [4.69, 9.17) is 5.73 Å². The van der Waals surface area contributed by atoms with Gasteiger partial charge in [-0.3, -0.25) is 4.79 Å². The first kappa shape index (κ1) is 25.6. The third-order valence-electron chi connectivity index (χ3n) is 6.58. The highest BCUT2D eigenvalue weighted by atomic mass is 19.1. The van der Waals surface area contributed by atoms with Gasteiger partial charge in [-0.2, -0.15) is 0 Å². The van der Waals surface area contributed by atoms with Crippen LogP contribution in [0.5, 0.6) is 0 Å². The third kappa shape index (κ3) is 5.79. The van der Waals surface area contributed by atoms with Crippen molar-refractivity contribution < 1.29 is 14.3 Å². The number of halogens is 1. The maximum absolute atomic E-state index is 13.9. The summed E-state index contributed by atoms with van der Waals surface area (Å²) in [4.78, 5) is 11.5. The molecule has 0 aliphatic heterocycles. The molecule has 0 aliphatic rings. The van der Waals surface area contributed by atoms with Crippen molar-refractivity contribution in [2.45, 2.75) is 60.0 Å². The van der Waals surface area contributed by atoms with Gasteiger partial charge < -0.3 is 10.8 Å². The maximum Gasteiger partial charge on any atom is 0.151 e. The molecular formula is C26H36FNO2. The molecule has 0 radical (unpaired) electrons. The topological polar surface area (TPSA) is 63.3 Å². The molecule has 0 aromatic heterocycles. The van der Waals surface area contributed by atoms with Crippen LogP contribution in [0.4, 0.5) is 4.39 Å². The first-order valence-corrected chi connectivity index (χ1v) is 10.3. The summed E-state index contributed by atoms with van der Waals surface area (Å²) in [5.74, 6) is -0.331. The summed E-state index contributed by atoms with van der Waals surface area (Å²) < 4.78 is 13.9. The number of hydrogen-bond donors (Lipinski definition) is 2.